The molecule has 25 heavy (non-hydrogen) atoms. The van der Waals surface area contributed by atoms with E-state index in [9.17, 15) is 15.2 Å². The molecule has 0 saturated heterocycles. The molecule has 5 nitrogen and oxygen atoms in total. The summed E-state index contributed by atoms with van der Waals surface area (Å²) in [6.07, 6.45) is 3.54. The second-order valence-corrected chi connectivity index (χ2v) is 6.88. The highest BCUT2D eigenvalue weighted by atomic mass is 79.9. The number of nitrogens with zero attached hydrogens (tertiary/aromatic N) is 2. The number of halogens is 1. The smallest absolute Gasteiger partial charge is 0.312 e. The number of rotatable bonds is 3. The molecule has 0 aliphatic heterocycles. The topological polar surface area (TPSA) is 75.7 Å². The minimum atomic E-state index is -0.615. The highest BCUT2D eigenvalue weighted by Crippen LogP contribution is 2.37. The van der Waals surface area contributed by atoms with Gasteiger partial charge in [0.25, 0.3) is 0 Å². The summed E-state index contributed by atoms with van der Waals surface area (Å²) in [5.41, 5.74) is 3.38. The Labute approximate surface area is 151 Å². The van der Waals surface area contributed by atoms with Gasteiger partial charge >= 0.3 is 5.69 Å². The molecule has 1 aliphatic carbocycles. The van der Waals surface area contributed by atoms with Gasteiger partial charge in [-0.1, -0.05) is 40.2 Å². The second kappa shape index (κ2) is 5.97. The SMILES string of the molecule is O=[N+]([O-])c1cc(Br)cc(C=Nc2ccc3c4c(cccc24)CC3)c1O. The van der Waals surface area contributed by atoms with E-state index in [4.69, 9.17) is 0 Å². The van der Waals surface area contributed by atoms with E-state index in [2.05, 4.69) is 33.1 Å². The van der Waals surface area contributed by atoms with E-state index in [1.165, 1.54) is 28.8 Å². The number of aliphatic imine (C=N–C) groups is 1. The van der Waals surface area contributed by atoms with Crippen LogP contribution in [0.5, 0.6) is 5.75 Å². The Morgan fingerprint density at radius 1 is 1.16 bits per heavy atom. The zero-order valence-corrected chi connectivity index (χ0v) is 14.7. The lowest BCUT2D eigenvalue weighted by atomic mass is 10.0. The molecule has 1 aliphatic rings. The van der Waals surface area contributed by atoms with Crippen molar-refractivity contribution >= 4 is 44.3 Å². The molecule has 0 saturated carbocycles. The van der Waals surface area contributed by atoms with Crippen molar-refractivity contribution in [2.45, 2.75) is 12.8 Å². The van der Waals surface area contributed by atoms with Crippen LogP contribution in [0, 0.1) is 10.1 Å². The summed E-state index contributed by atoms with van der Waals surface area (Å²) in [5.74, 6) is -0.386. The number of nitro groups is 1. The van der Waals surface area contributed by atoms with Gasteiger partial charge in [0.05, 0.1) is 10.6 Å². The van der Waals surface area contributed by atoms with E-state index in [1.807, 2.05) is 18.2 Å². The van der Waals surface area contributed by atoms with Gasteiger partial charge in [-0.05, 0) is 41.5 Å². The molecule has 124 valence electrons. The van der Waals surface area contributed by atoms with Gasteiger partial charge in [-0.3, -0.25) is 15.1 Å². The summed E-state index contributed by atoms with van der Waals surface area (Å²) in [6.45, 7) is 0. The third-order valence-corrected chi connectivity index (χ3v) is 4.94. The Morgan fingerprint density at radius 2 is 1.92 bits per heavy atom. The number of benzene rings is 3. The predicted octanol–water partition coefficient (Wildman–Crippen LogP) is 5.07. The van der Waals surface area contributed by atoms with Gasteiger partial charge < -0.3 is 5.11 Å². The summed E-state index contributed by atoms with van der Waals surface area (Å²) in [4.78, 5) is 14.9. The lowest BCUT2D eigenvalue weighted by Gasteiger charge is -2.06. The van der Waals surface area contributed by atoms with Crippen molar-refractivity contribution < 1.29 is 10.0 Å². The van der Waals surface area contributed by atoms with Crippen LogP contribution in [0.15, 0.2) is 51.9 Å². The van der Waals surface area contributed by atoms with Crippen molar-refractivity contribution in [3.8, 4) is 5.75 Å². The first-order valence-electron chi connectivity index (χ1n) is 7.79. The molecule has 0 heterocycles. The maximum atomic E-state index is 11.0. The maximum absolute atomic E-state index is 11.0. The number of aryl methyl sites for hydroxylation is 2. The van der Waals surface area contributed by atoms with Crippen LogP contribution in [0.1, 0.15) is 16.7 Å². The highest BCUT2D eigenvalue weighted by Gasteiger charge is 2.18. The van der Waals surface area contributed by atoms with Crippen molar-refractivity contribution in [3.05, 3.63) is 73.7 Å². The molecule has 0 spiro atoms. The Balaban J connectivity index is 1.82. The molecule has 0 radical (unpaired) electrons. The molecule has 6 heteroatoms. The number of hydrogen-bond acceptors (Lipinski definition) is 4. The average Bonchev–Trinajstić information content (AvgIpc) is 3.01. The normalized spacial score (nSPS) is 13.0. The van der Waals surface area contributed by atoms with Crippen LogP contribution in [0.3, 0.4) is 0 Å². The average molecular weight is 397 g/mol. The number of nitro benzene ring substituents is 1. The van der Waals surface area contributed by atoms with E-state index in [0.29, 0.717) is 10.0 Å². The zero-order valence-electron chi connectivity index (χ0n) is 13.1. The van der Waals surface area contributed by atoms with Gasteiger partial charge in [0, 0.05) is 27.7 Å². The molecule has 0 atom stereocenters. The predicted molar refractivity (Wildman–Crippen MR) is 101 cm³/mol. The van der Waals surface area contributed by atoms with E-state index < -0.39 is 4.92 Å². The van der Waals surface area contributed by atoms with Crippen LogP contribution in [0.25, 0.3) is 10.8 Å². The summed E-state index contributed by atoms with van der Waals surface area (Å²) in [6, 6.07) is 13.1. The van der Waals surface area contributed by atoms with E-state index in [-0.39, 0.29) is 11.4 Å². The molecule has 0 fully saturated rings. The molecule has 3 aromatic rings. The van der Waals surface area contributed by atoms with E-state index in [0.717, 1.165) is 23.9 Å². The summed E-state index contributed by atoms with van der Waals surface area (Å²) in [7, 11) is 0. The van der Waals surface area contributed by atoms with Crippen LogP contribution >= 0.6 is 15.9 Å². The minimum absolute atomic E-state index is 0.296. The van der Waals surface area contributed by atoms with Crippen LogP contribution in [0.4, 0.5) is 11.4 Å². The van der Waals surface area contributed by atoms with Gasteiger partial charge in [0.1, 0.15) is 0 Å². The zero-order chi connectivity index (χ0) is 17.6. The number of aromatic hydroxyl groups is 1. The lowest BCUT2D eigenvalue weighted by Crippen LogP contribution is -1.92. The number of hydrogen-bond donors (Lipinski definition) is 1. The van der Waals surface area contributed by atoms with Gasteiger partial charge in [-0.15, -0.1) is 0 Å². The van der Waals surface area contributed by atoms with Crippen molar-refractivity contribution in [1.82, 2.24) is 0 Å². The molecule has 4 rings (SSSR count). The Bertz CT molecular complexity index is 1050. The maximum Gasteiger partial charge on any atom is 0.312 e. The largest absolute Gasteiger partial charge is 0.502 e. The first-order valence-corrected chi connectivity index (χ1v) is 8.58. The third kappa shape index (κ3) is 2.68. The fraction of sp³-hybridized carbons (Fsp3) is 0.105. The third-order valence-electron chi connectivity index (χ3n) is 4.48. The molecule has 0 unspecified atom stereocenters. The van der Waals surface area contributed by atoms with Crippen LogP contribution < -0.4 is 0 Å². The van der Waals surface area contributed by atoms with E-state index in [1.54, 1.807) is 6.07 Å². The Morgan fingerprint density at radius 3 is 2.68 bits per heavy atom. The van der Waals surface area contributed by atoms with Gasteiger partial charge in [-0.2, -0.15) is 0 Å². The summed E-state index contributed by atoms with van der Waals surface area (Å²) < 4.78 is 0.513. The van der Waals surface area contributed by atoms with E-state index >= 15 is 0 Å². The molecule has 0 aromatic heterocycles. The molecule has 0 bridgehead atoms. The molecule has 0 amide bonds. The Hall–Kier alpha value is -2.73. The molecular weight excluding hydrogens is 384 g/mol. The number of phenols is 1. The fourth-order valence-corrected chi connectivity index (χ4v) is 3.79. The first kappa shape index (κ1) is 15.8. The lowest BCUT2D eigenvalue weighted by molar-refractivity contribution is -0.385. The van der Waals surface area contributed by atoms with Gasteiger partial charge in [-0.25, -0.2) is 0 Å². The quantitative estimate of drug-likeness (QED) is 0.381. The molecular formula is C19H13BrN2O3. The van der Waals surface area contributed by atoms with Crippen molar-refractivity contribution in [3.63, 3.8) is 0 Å². The standard InChI is InChI=1S/C19H13BrN2O3/c20-14-8-13(19(23)17(9-14)22(24)25)10-21-16-7-6-12-5-4-11-2-1-3-15(16)18(11)12/h1-3,6-10,23H,4-5H2. The van der Waals surface area contributed by atoms with Gasteiger partial charge in [0.15, 0.2) is 0 Å². The molecule has 1 N–H and O–H groups in total. The summed E-state index contributed by atoms with van der Waals surface area (Å²) in [5, 5.41) is 23.5. The number of phenolic OH excluding ortho intramolecular Hbond substituents is 1. The van der Waals surface area contributed by atoms with Crippen LogP contribution in [0.2, 0.25) is 0 Å². The Kier molecular flexibility index (Phi) is 3.77. The van der Waals surface area contributed by atoms with Crippen LogP contribution in [-0.2, 0) is 12.8 Å². The highest BCUT2D eigenvalue weighted by molar-refractivity contribution is 9.10. The first-order chi connectivity index (χ1) is 12.0. The van der Waals surface area contributed by atoms with Crippen molar-refractivity contribution in [2.24, 2.45) is 4.99 Å². The fourth-order valence-electron chi connectivity index (χ4n) is 3.33. The van der Waals surface area contributed by atoms with Gasteiger partial charge in [0.2, 0.25) is 5.75 Å². The van der Waals surface area contributed by atoms with Crippen LogP contribution in [-0.4, -0.2) is 16.2 Å². The second-order valence-electron chi connectivity index (χ2n) is 5.96. The van der Waals surface area contributed by atoms with Crippen molar-refractivity contribution in [2.75, 3.05) is 0 Å². The molecule has 3 aromatic carbocycles. The monoisotopic (exact) mass is 396 g/mol. The minimum Gasteiger partial charge on any atom is -0.502 e. The van der Waals surface area contributed by atoms with Crippen molar-refractivity contribution in [1.29, 1.82) is 0 Å². The summed E-state index contributed by atoms with van der Waals surface area (Å²) >= 11 is 3.23.